The van der Waals surface area contributed by atoms with Crippen molar-refractivity contribution in [1.82, 2.24) is 14.9 Å². The van der Waals surface area contributed by atoms with E-state index < -0.39 is 0 Å². The number of rotatable bonds is 6. The van der Waals surface area contributed by atoms with Crippen molar-refractivity contribution in [3.63, 3.8) is 0 Å². The summed E-state index contributed by atoms with van der Waals surface area (Å²) in [6.07, 6.45) is 6.15. The predicted molar refractivity (Wildman–Crippen MR) is 112 cm³/mol. The molecule has 0 amide bonds. The topological polar surface area (TPSA) is 33.1 Å². The van der Waals surface area contributed by atoms with Crippen LogP contribution in [0.3, 0.4) is 0 Å². The number of hydrogen-bond acceptors (Lipinski definition) is 3. The Morgan fingerprint density at radius 3 is 2.61 bits per heavy atom. The number of imidazole rings is 1. The Kier molecular flexibility index (Phi) is 5.72. The highest BCUT2D eigenvalue weighted by atomic mass is 19.1. The molecule has 1 aliphatic rings. The smallest absolute Gasteiger partial charge is 0.123 e. The maximum absolute atomic E-state index is 13.2. The first-order valence-corrected chi connectivity index (χ1v) is 10.1. The summed E-state index contributed by atoms with van der Waals surface area (Å²) in [5.74, 6) is 0.910. The molecule has 146 valence electrons. The van der Waals surface area contributed by atoms with Gasteiger partial charge in [0.2, 0.25) is 0 Å². The highest BCUT2D eigenvalue weighted by molar-refractivity contribution is 5.68. The first-order valence-electron chi connectivity index (χ1n) is 10.1. The number of hydrogen-bond donors (Lipinski definition) is 1. The zero-order valence-corrected chi connectivity index (χ0v) is 16.3. The lowest BCUT2D eigenvalue weighted by molar-refractivity contribution is 0.406. The summed E-state index contributed by atoms with van der Waals surface area (Å²) >= 11 is 0. The van der Waals surface area contributed by atoms with Crippen LogP contribution in [0, 0.1) is 5.82 Å². The number of halogens is 1. The molecule has 0 spiro atoms. The quantitative estimate of drug-likeness (QED) is 0.687. The minimum Gasteiger partial charge on any atom is -0.371 e. The monoisotopic (exact) mass is 378 g/mol. The molecule has 2 heterocycles. The van der Waals surface area contributed by atoms with Crippen LogP contribution in [0.5, 0.6) is 0 Å². The fourth-order valence-corrected chi connectivity index (χ4v) is 3.90. The van der Waals surface area contributed by atoms with E-state index in [0.717, 1.165) is 56.0 Å². The Morgan fingerprint density at radius 1 is 1.07 bits per heavy atom. The van der Waals surface area contributed by atoms with Gasteiger partial charge in [0, 0.05) is 43.8 Å². The van der Waals surface area contributed by atoms with E-state index in [0.29, 0.717) is 6.04 Å². The molecule has 4 rings (SSSR count). The van der Waals surface area contributed by atoms with Gasteiger partial charge in [-0.3, -0.25) is 0 Å². The molecule has 0 saturated carbocycles. The van der Waals surface area contributed by atoms with Crippen molar-refractivity contribution in [2.24, 2.45) is 0 Å². The maximum atomic E-state index is 13.2. The second-order valence-corrected chi connectivity index (χ2v) is 7.33. The molecule has 4 nitrogen and oxygen atoms in total. The second kappa shape index (κ2) is 8.57. The molecule has 0 radical (unpaired) electrons. The van der Waals surface area contributed by atoms with E-state index in [1.54, 1.807) is 0 Å². The van der Waals surface area contributed by atoms with Crippen LogP contribution in [0.1, 0.15) is 25.6 Å². The predicted octanol–water partition coefficient (Wildman–Crippen LogP) is 4.47. The minimum atomic E-state index is -0.198. The lowest BCUT2D eigenvalue weighted by Crippen LogP contribution is -2.42. The van der Waals surface area contributed by atoms with Crippen molar-refractivity contribution in [3.05, 3.63) is 72.6 Å². The molecule has 0 bridgehead atoms. The molecule has 0 aliphatic carbocycles. The number of aryl methyl sites for hydroxylation is 1. The maximum Gasteiger partial charge on any atom is 0.123 e. The van der Waals surface area contributed by atoms with Crippen molar-refractivity contribution in [3.8, 4) is 11.1 Å². The molecule has 1 aromatic heterocycles. The van der Waals surface area contributed by atoms with Gasteiger partial charge in [-0.1, -0.05) is 24.3 Å². The van der Waals surface area contributed by atoms with Gasteiger partial charge in [-0.2, -0.15) is 0 Å². The van der Waals surface area contributed by atoms with E-state index in [2.05, 4.69) is 51.0 Å². The molecule has 0 unspecified atom stereocenters. The molecule has 1 aliphatic heterocycles. The Labute approximate surface area is 166 Å². The van der Waals surface area contributed by atoms with Crippen LogP contribution < -0.4 is 10.2 Å². The van der Waals surface area contributed by atoms with E-state index in [1.165, 1.54) is 17.8 Å². The summed E-state index contributed by atoms with van der Waals surface area (Å²) in [6, 6.07) is 15.8. The van der Waals surface area contributed by atoms with Gasteiger partial charge in [-0.05, 0) is 55.2 Å². The molecule has 2 aromatic carbocycles. The molecule has 0 atom stereocenters. The number of nitrogens with one attached hydrogen (secondary N) is 1. The number of anilines is 1. The number of nitrogens with zero attached hydrogens (tertiary/aromatic N) is 3. The molecule has 5 heteroatoms. The van der Waals surface area contributed by atoms with Gasteiger partial charge in [0.25, 0.3) is 0 Å². The van der Waals surface area contributed by atoms with Gasteiger partial charge in [0.1, 0.15) is 11.6 Å². The molecular weight excluding hydrogens is 351 g/mol. The minimum absolute atomic E-state index is 0.198. The van der Waals surface area contributed by atoms with E-state index in [9.17, 15) is 4.39 Å². The van der Waals surface area contributed by atoms with Crippen LogP contribution in [0.4, 0.5) is 10.1 Å². The SMILES string of the molecule is CCn1ccnc1CNC1CCN(c2cccc(-c3ccc(F)cc3)c2)CC1. The van der Waals surface area contributed by atoms with Crippen molar-refractivity contribution >= 4 is 5.69 Å². The van der Waals surface area contributed by atoms with Gasteiger partial charge in [0.15, 0.2) is 0 Å². The van der Waals surface area contributed by atoms with Crippen LogP contribution >= 0.6 is 0 Å². The van der Waals surface area contributed by atoms with E-state index in [-0.39, 0.29) is 5.82 Å². The summed E-state index contributed by atoms with van der Waals surface area (Å²) in [5, 5.41) is 3.67. The van der Waals surface area contributed by atoms with E-state index >= 15 is 0 Å². The normalized spacial score (nSPS) is 15.1. The van der Waals surface area contributed by atoms with E-state index in [1.807, 2.05) is 24.5 Å². The zero-order valence-electron chi connectivity index (χ0n) is 16.3. The molecular formula is C23H27FN4. The Balaban J connectivity index is 1.35. The summed E-state index contributed by atoms with van der Waals surface area (Å²) in [5.41, 5.74) is 3.41. The first-order chi connectivity index (χ1) is 13.7. The zero-order chi connectivity index (χ0) is 19.3. The first kappa shape index (κ1) is 18.7. The lowest BCUT2D eigenvalue weighted by Gasteiger charge is -2.34. The summed E-state index contributed by atoms with van der Waals surface area (Å²) in [6.45, 7) is 5.99. The Hall–Kier alpha value is -2.66. The van der Waals surface area contributed by atoms with E-state index in [4.69, 9.17) is 0 Å². The molecule has 1 fully saturated rings. The summed E-state index contributed by atoms with van der Waals surface area (Å²) in [7, 11) is 0. The Morgan fingerprint density at radius 2 is 1.86 bits per heavy atom. The van der Waals surface area contributed by atoms with Crippen LogP contribution in [-0.2, 0) is 13.1 Å². The lowest BCUT2D eigenvalue weighted by atomic mass is 10.0. The van der Waals surface area contributed by atoms with Gasteiger partial charge < -0.3 is 14.8 Å². The van der Waals surface area contributed by atoms with Crippen LogP contribution in [0.2, 0.25) is 0 Å². The third-order valence-corrected chi connectivity index (χ3v) is 5.58. The van der Waals surface area contributed by atoms with Crippen molar-refractivity contribution in [2.45, 2.75) is 38.9 Å². The van der Waals surface area contributed by atoms with Crippen LogP contribution in [-0.4, -0.2) is 28.7 Å². The van der Waals surface area contributed by atoms with Crippen LogP contribution in [0.25, 0.3) is 11.1 Å². The number of aromatic nitrogens is 2. The standard InChI is InChI=1S/C23H27FN4/c1-2-27-15-12-25-23(27)17-26-21-10-13-28(14-11-21)22-5-3-4-19(16-22)18-6-8-20(24)9-7-18/h3-9,12,15-16,21,26H,2,10-11,13-14,17H2,1H3. The number of benzene rings is 2. The fraction of sp³-hybridized carbons (Fsp3) is 0.348. The molecule has 1 N–H and O–H groups in total. The average Bonchev–Trinajstić information content (AvgIpc) is 3.21. The summed E-state index contributed by atoms with van der Waals surface area (Å²) in [4.78, 5) is 6.89. The second-order valence-electron chi connectivity index (χ2n) is 7.33. The fourth-order valence-electron chi connectivity index (χ4n) is 3.90. The van der Waals surface area contributed by atoms with Gasteiger partial charge in [-0.15, -0.1) is 0 Å². The molecule has 28 heavy (non-hydrogen) atoms. The average molecular weight is 378 g/mol. The highest BCUT2D eigenvalue weighted by Crippen LogP contribution is 2.27. The van der Waals surface area contributed by atoms with Crippen molar-refractivity contribution < 1.29 is 4.39 Å². The van der Waals surface area contributed by atoms with Gasteiger partial charge in [0.05, 0.1) is 6.54 Å². The van der Waals surface area contributed by atoms with Gasteiger partial charge in [-0.25, -0.2) is 9.37 Å². The summed E-state index contributed by atoms with van der Waals surface area (Å²) < 4.78 is 15.4. The highest BCUT2D eigenvalue weighted by Gasteiger charge is 2.19. The largest absolute Gasteiger partial charge is 0.371 e. The third kappa shape index (κ3) is 4.25. The van der Waals surface area contributed by atoms with Crippen molar-refractivity contribution in [2.75, 3.05) is 18.0 Å². The van der Waals surface area contributed by atoms with Gasteiger partial charge >= 0.3 is 0 Å². The molecule has 3 aromatic rings. The van der Waals surface area contributed by atoms with Crippen LogP contribution in [0.15, 0.2) is 60.9 Å². The van der Waals surface area contributed by atoms with Crippen molar-refractivity contribution in [1.29, 1.82) is 0 Å². The molecule has 1 saturated heterocycles. The number of piperidine rings is 1. The third-order valence-electron chi connectivity index (χ3n) is 5.58. The Bertz CT molecular complexity index is 895.